The molecular formula is C25H42N2O4. The second-order valence-electron chi connectivity index (χ2n) is 9.18. The number of hydrogen-bond acceptors (Lipinski definition) is 6. The van der Waals surface area contributed by atoms with E-state index in [0.29, 0.717) is 38.5 Å². The summed E-state index contributed by atoms with van der Waals surface area (Å²) in [5.74, 6) is 0.842. The Bertz CT molecular complexity index is 615. The highest BCUT2D eigenvalue weighted by Crippen LogP contribution is 2.22. The third-order valence-corrected chi connectivity index (χ3v) is 6.62. The Kier molecular flexibility index (Phi) is 10.6. The van der Waals surface area contributed by atoms with Crippen molar-refractivity contribution in [1.82, 2.24) is 9.80 Å². The maximum atomic E-state index is 10.4. The lowest BCUT2D eigenvalue weighted by atomic mass is 9.94. The Labute approximate surface area is 188 Å². The molecular weight excluding hydrogens is 392 g/mol. The van der Waals surface area contributed by atoms with Gasteiger partial charge in [-0.3, -0.25) is 4.90 Å². The molecule has 1 aliphatic carbocycles. The molecule has 1 saturated carbocycles. The molecule has 0 amide bonds. The predicted molar refractivity (Wildman–Crippen MR) is 124 cm³/mol. The Hall–Kier alpha value is -1.18. The SMILES string of the molecule is COCCOC1CCN(Cc2cccc(OC[C@@H](O)CN(C)C3CCCCC3)c2)CC1. The van der Waals surface area contributed by atoms with Crippen LogP contribution in [0.25, 0.3) is 0 Å². The van der Waals surface area contributed by atoms with Crippen LogP contribution >= 0.6 is 0 Å². The number of likely N-dealkylation sites (tertiary alicyclic amines) is 1. The van der Waals surface area contributed by atoms with E-state index in [9.17, 15) is 5.11 Å². The molecule has 6 heteroatoms. The fourth-order valence-corrected chi connectivity index (χ4v) is 4.77. The van der Waals surface area contributed by atoms with Gasteiger partial charge in [-0.25, -0.2) is 0 Å². The molecule has 2 aliphatic rings. The van der Waals surface area contributed by atoms with E-state index >= 15 is 0 Å². The lowest BCUT2D eigenvalue weighted by Gasteiger charge is -2.32. The summed E-state index contributed by atoms with van der Waals surface area (Å²) in [7, 11) is 3.84. The van der Waals surface area contributed by atoms with Crippen LogP contribution in [0, 0.1) is 0 Å². The average molecular weight is 435 g/mol. The molecule has 6 nitrogen and oxygen atoms in total. The standard InChI is InChI=1S/C25H42N2O4/c1-26(22-8-4-3-5-9-22)19-23(28)20-31-25-10-6-7-21(17-25)18-27-13-11-24(12-14-27)30-16-15-29-2/h6-7,10,17,22-24,28H,3-5,8-9,11-16,18-20H2,1-2H3/t23-/m0/s1. The first-order valence-electron chi connectivity index (χ1n) is 12.1. The largest absolute Gasteiger partial charge is 0.491 e. The second-order valence-corrected chi connectivity index (χ2v) is 9.18. The zero-order chi connectivity index (χ0) is 21.9. The van der Waals surface area contributed by atoms with Gasteiger partial charge in [0, 0.05) is 39.3 Å². The number of benzene rings is 1. The summed E-state index contributed by atoms with van der Waals surface area (Å²) >= 11 is 0. The summed E-state index contributed by atoms with van der Waals surface area (Å²) in [5.41, 5.74) is 1.25. The maximum absolute atomic E-state index is 10.4. The van der Waals surface area contributed by atoms with Gasteiger partial charge in [0.15, 0.2) is 0 Å². The van der Waals surface area contributed by atoms with Crippen LogP contribution < -0.4 is 4.74 Å². The number of methoxy groups -OCH3 is 1. The monoisotopic (exact) mass is 434 g/mol. The number of rotatable bonds is 12. The summed E-state index contributed by atoms with van der Waals surface area (Å²) in [6.07, 6.45) is 8.51. The molecule has 31 heavy (non-hydrogen) atoms. The number of aliphatic hydroxyl groups excluding tert-OH is 1. The van der Waals surface area contributed by atoms with Crippen molar-refractivity contribution in [2.45, 2.75) is 69.7 Å². The minimum atomic E-state index is -0.465. The van der Waals surface area contributed by atoms with Crippen molar-refractivity contribution in [2.75, 3.05) is 53.6 Å². The molecule has 1 atom stereocenters. The molecule has 0 aromatic heterocycles. The highest BCUT2D eigenvalue weighted by molar-refractivity contribution is 5.28. The molecule has 1 heterocycles. The topological polar surface area (TPSA) is 54.4 Å². The maximum Gasteiger partial charge on any atom is 0.119 e. The number of nitrogens with zero attached hydrogens (tertiary/aromatic N) is 2. The number of ether oxygens (including phenoxy) is 3. The van der Waals surface area contributed by atoms with Crippen molar-refractivity contribution >= 4 is 0 Å². The van der Waals surface area contributed by atoms with Crippen molar-refractivity contribution in [2.24, 2.45) is 0 Å². The van der Waals surface area contributed by atoms with E-state index in [2.05, 4.69) is 29.0 Å². The van der Waals surface area contributed by atoms with Gasteiger partial charge in [-0.2, -0.15) is 0 Å². The second kappa shape index (κ2) is 13.4. The van der Waals surface area contributed by atoms with Crippen molar-refractivity contribution in [3.63, 3.8) is 0 Å². The number of piperidine rings is 1. The average Bonchev–Trinajstić information content (AvgIpc) is 2.80. The molecule has 1 aliphatic heterocycles. The van der Waals surface area contributed by atoms with Crippen LogP contribution in [0.2, 0.25) is 0 Å². The number of hydrogen-bond donors (Lipinski definition) is 1. The van der Waals surface area contributed by atoms with Crippen molar-refractivity contribution < 1.29 is 19.3 Å². The summed E-state index contributed by atoms with van der Waals surface area (Å²) < 4.78 is 16.9. The first-order valence-corrected chi connectivity index (χ1v) is 12.1. The fraction of sp³-hybridized carbons (Fsp3) is 0.760. The zero-order valence-electron chi connectivity index (χ0n) is 19.5. The molecule has 2 fully saturated rings. The molecule has 176 valence electrons. The lowest BCUT2D eigenvalue weighted by Crippen LogP contribution is -2.40. The molecule has 0 bridgehead atoms. The third-order valence-electron chi connectivity index (χ3n) is 6.62. The highest BCUT2D eigenvalue weighted by Gasteiger charge is 2.21. The van der Waals surface area contributed by atoms with Crippen LogP contribution in [0.1, 0.15) is 50.5 Å². The van der Waals surface area contributed by atoms with Crippen LogP contribution in [-0.2, 0) is 16.0 Å². The van der Waals surface area contributed by atoms with E-state index in [1.165, 1.54) is 37.7 Å². The van der Waals surface area contributed by atoms with E-state index in [1.807, 2.05) is 12.1 Å². The van der Waals surface area contributed by atoms with Crippen LogP contribution in [0.5, 0.6) is 5.75 Å². The van der Waals surface area contributed by atoms with Crippen LogP contribution in [0.15, 0.2) is 24.3 Å². The van der Waals surface area contributed by atoms with E-state index < -0.39 is 6.10 Å². The summed E-state index contributed by atoms with van der Waals surface area (Å²) in [5, 5.41) is 10.4. The van der Waals surface area contributed by atoms with Gasteiger partial charge < -0.3 is 24.2 Å². The van der Waals surface area contributed by atoms with Gasteiger partial charge in [0.2, 0.25) is 0 Å². The minimum absolute atomic E-state index is 0.338. The molecule has 0 unspecified atom stereocenters. The van der Waals surface area contributed by atoms with Gasteiger partial charge in [0.05, 0.1) is 19.3 Å². The number of likely N-dealkylation sites (N-methyl/N-ethyl adjacent to an activating group) is 1. The van der Waals surface area contributed by atoms with E-state index in [0.717, 1.165) is 38.2 Å². The van der Waals surface area contributed by atoms with Crippen LogP contribution in [-0.4, -0.2) is 86.8 Å². The molecule has 1 saturated heterocycles. The lowest BCUT2D eigenvalue weighted by molar-refractivity contribution is -0.0158. The summed E-state index contributed by atoms with van der Waals surface area (Å²) in [6, 6.07) is 8.91. The first kappa shape index (κ1) is 24.5. The van der Waals surface area contributed by atoms with E-state index in [4.69, 9.17) is 14.2 Å². The minimum Gasteiger partial charge on any atom is -0.491 e. The molecule has 3 rings (SSSR count). The van der Waals surface area contributed by atoms with E-state index in [1.54, 1.807) is 7.11 Å². The fourth-order valence-electron chi connectivity index (χ4n) is 4.77. The van der Waals surface area contributed by atoms with Gasteiger partial charge in [0.1, 0.15) is 18.5 Å². The van der Waals surface area contributed by atoms with Crippen molar-refractivity contribution in [3.8, 4) is 5.75 Å². The molecule has 1 N–H and O–H groups in total. The van der Waals surface area contributed by atoms with Gasteiger partial charge >= 0.3 is 0 Å². The Morgan fingerprint density at radius 2 is 1.87 bits per heavy atom. The van der Waals surface area contributed by atoms with Crippen molar-refractivity contribution in [1.29, 1.82) is 0 Å². The molecule has 0 spiro atoms. The zero-order valence-corrected chi connectivity index (χ0v) is 19.5. The summed E-state index contributed by atoms with van der Waals surface area (Å²) in [6.45, 7) is 5.39. The van der Waals surface area contributed by atoms with Crippen LogP contribution in [0.4, 0.5) is 0 Å². The Morgan fingerprint density at radius 1 is 1.10 bits per heavy atom. The molecule has 1 aromatic rings. The van der Waals surface area contributed by atoms with E-state index in [-0.39, 0.29) is 0 Å². The van der Waals surface area contributed by atoms with Gasteiger partial charge in [-0.15, -0.1) is 0 Å². The smallest absolute Gasteiger partial charge is 0.119 e. The Morgan fingerprint density at radius 3 is 2.61 bits per heavy atom. The highest BCUT2D eigenvalue weighted by atomic mass is 16.5. The normalized spacial score (nSPS) is 20.3. The molecule has 0 radical (unpaired) electrons. The quantitative estimate of drug-likeness (QED) is 0.510. The first-order chi connectivity index (χ1) is 15.1. The van der Waals surface area contributed by atoms with Gasteiger partial charge in [-0.1, -0.05) is 31.4 Å². The Balaban J connectivity index is 1.37. The number of aliphatic hydroxyl groups is 1. The summed E-state index contributed by atoms with van der Waals surface area (Å²) in [4.78, 5) is 4.79. The third kappa shape index (κ3) is 8.70. The van der Waals surface area contributed by atoms with Gasteiger partial charge in [-0.05, 0) is 50.4 Å². The predicted octanol–water partition coefficient (Wildman–Crippen LogP) is 3.32. The van der Waals surface area contributed by atoms with Crippen molar-refractivity contribution in [3.05, 3.63) is 29.8 Å². The van der Waals surface area contributed by atoms with Gasteiger partial charge in [0.25, 0.3) is 0 Å². The van der Waals surface area contributed by atoms with Crippen LogP contribution in [0.3, 0.4) is 0 Å². The molecule has 1 aromatic carbocycles.